The van der Waals surface area contributed by atoms with Gasteiger partial charge in [0.2, 0.25) is 0 Å². The first-order valence-corrected chi connectivity index (χ1v) is 7.80. The van der Waals surface area contributed by atoms with Gasteiger partial charge in [-0.05, 0) is 46.1 Å². The maximum Gasteiger partial charge on any atom is 0.143 e. The predicted molar refractivity (Wildman–Crippen MR) is 93.4 cm³/mol. The van der Waals surface area contributed by atoms with Crippen molar-refractivity contribution in [1.82, 2.24) is 9.97 Å². The number of aromatic nitrogens is 2. The van der Waals surface area contributed by atoms with Crippen LogP contribution in [-0.2, 0) is 6.54 Å². The van der Waals surface area contributed by atoms with Crippen LogP contribution >= 0.6 is 28.1 Å². The van der Waals surface area contributed by atoms with Gasteiger partial charge in [-0.25, -0.2) is 4.98 Å². The molecule has 0 atom stereocenters. The van der Waals surface area contributed by atoms with Crippen LogP contribution in [-0.4, -0.2) is 21.5 Å². The summed E-state index contributed by atoms with van der Waals surface area (Å²) in [6.45, 7) is 3.45. The molecule has 0 aliphatic heterocycles. The second-order valence-electron chi connectivity index (χ2n) is 4.82. The van der Waals surface area contributed by atoms with Crippen molar-refractivity contribution in [1.29, 1.82) is 0 Å². The molecule has 0 spiro atoms. The quantitative estimate of drug-likeness (QED) is 0.797. The summed E-state index contributed by atoms with van der Waals surface area (Å²) in [6, 6.07) is 6.03. The maximum absolute atomic E-state index is 5.63. The van der Waals surface area contributed by atoms with E-state index in [0.29, 0.717) is 18.0 Å². The third-order valence-corrected chi connectivity index (χ3v) is 3.77. The van der Waals surface area contributed by atoms with E-state index in [0.717, 1.165) is 28.0 Å². The highest BCUT2D eigenvalue weighted by atomic mass is 79.9. The number of anilines is 1. The summed E-state index contributed by atoms with van der Waals surface area (Å²) in [5.74, 6) is 0.890. The highest BCUT2D eigenvalue weighted by molar-refractivity contribution is 9.10. The first-order chi connectivity index (χ1) is 10.1. The van der Waals surface area contributed by atoms with E-state index in [4.69, 9.17) is 18.0 Å². The van der Waals surface area contributed by atoms with Gasteiger partial charge in [0, 0.05) is 38.1 Å². The molecule has 21 heavy (non-hydrogen) atoms. The molecule has 0 aliphatic carbocycles. The van der Waals surface area contributed by atoms with Crippen molar-refractivity contribution in [3.8, 4) is 0 Å². The topological polar surface area (TPSA) is 55.0 Å². The molecular weight excluding hydrogens is 348 g/mol. The van der Waals surface area contributed by atoms with Gasteiger partial charge in [0.1, 0.15) is 5.82 Å². The van der Waals surface area contributed by atoms with E-state index >= 15 is 0 Å². The Bertz CT molecular complexity index is 618. The molecule has 6 heteroatoms. The molecule has 0 saturated carbocycles. The van der Waals surface area contributed by atoms with Crippen LogP contribution in [0.5, 0.6) is 0 Å². The number of pyridine rings is 2. The molecule has 0 aliphatic rings. The third-order valence-electron chi connectivity index (χ3n) is 2.98. The van der Waals surface area contributed by atoms with Crippen LogP contribution < -0.4 is 10.6 Å². The van der Waals surface area contributed by atoms with Gasteiger partial charge in [0.05, 0.1) is 9.46 Å². The van der Waals surface area contributed by atoms with Gasteiger partial charge in [0.25, 0.3) is 0 Å². The molecule has 2 rings (SSSR count). The van der Waals surface area contributed by atoms with Crippen molar-refractivity contribution in [2.45, 2.75) is 19.9 Å². The molecule has 2 aromatic heterocycles. The van der Waals surface area contributed by atoms with E-state index in [1.807, 2.05) is 31.5 Å². The largest absolute Gasteiger partial charge is 0.393 e. The lowest BCUT2D eigenvalue weighted by Gasteiger charge is -2.24. The van der Waals surface area contributed by atoms with Crippen molar-refractivity contribution >= 4 is 39.0 Å². The van der Waals surface area contributed by atoms with Gasteiger partial charge in [-0.1, -0.05) is 18.3 Å². The van der Waals surface area contributed by atoms with Crippen LogP contribution in [0.25, 0.3) is 0 Å². The van der Waals surface area contributed by atoms with Crippen molar-refractivity contribution in [3.63, 3.8) is 0 Å². The lowest BCUT2D eigenvalue weighted by Crippen LogP contribution is -2.28. The third kappa shape index (κ3) is 4.75. The van der Waals surface area contributed by atoms with Crippen molar-refractivity contribution < 1.29 is 0 Å². The summed E-state index contributed by atoms with van der Waals surface area (Å²) in [7, 11) is 0. The normalized spacial score (nSPS) is 10.4. The Kier molecular flexibility index (Phi) is 5.64. The molecule has 0 amide bonds. The lowest BCUT2D eigenvalue weighted by molar-refractivity contribution is 0.785. The van der Waals surface area contributed by atoms with E-state index in [9.17, 15) is 0 Å². The van der Waals surface area contributed by atoms with Gasteiger partial charge in [-0.3, -0.25) is 4.98 Å². The summed E-state index contributed by atoms with van der Waals surface area (Å²) >= 11 is 8.57. The monoisotopic (exact) mass is 364 g/mol. The number of halogens is 1. The van der Waals surface area contributed by atoms with Crippen LogP contribution in [0.2, 0.25) is 0 Å². The fraction of sp³-hybridized carbons (Fsp3) is 0.267. The summed E-state index contributed by atoms with van der Waals surface area (Å²) in [5.41, 5.74) is 7.87. The first-order valence-electron chi connectivity index (χ1n) is 6.60. The van der Waals surface area contributed by atoms with Crippen molar-refractivity contribution in [3.05, 3.63) is 52.4 Å². The Labute approximate surface area is 138 Å². The molecule has 110 valence electrons. The zero-order chi connectivity index (χ0) is 15.2. The van der Waals surface area contributed by atoms with Gasteiger partial charge in [-0.15, -0.1) is 0 Å². The molecule has 0 saturated heterocycles. The maximum atomic E-state index is 5.63. The first kappa shape index (κ1) is 15.9. The highest BCUT2D eigenvalue weighted by Gasteiger charge is 2.13. The van der Waals surface area contributed by atoms with Crippen LogP contribution in [0.1, 0.15) is 17.5 Å². The Morgan fingerprint density at radius 3 is 2.86 bits per heavy atom. The summed E-state index contributed by atoms with van der Waals surface area (Å²) < 4.78 is 0.967. The number of hydrogen-bond acceptors (Lipinski definition) is 4. The molecule has 2 heterocycles. The van der Waals surface area contributed by atoms with Gasteiger partial charge < -0.3 is 10.6 Å². The molecule has 2 N–H and O–H groups in total. The lowest BCUT2D eigenvalue weighted by atomic mass is 10.2. The summed E-state index contributed by atoms with van der Waals surface area (Å²) in [5, 5.41) is 0. The van der Waals surface area contributed by atoms with Crippen LogP contribution in [0.15, 0.2) is 41.3 Å². The fourth-order valence-electron chi connectivity index (χ4n) is 1.98. The molecule has 2 aromatic rings. The Morgan fingerprint density at radius 2 is 2.24 bits per heavy atom. The van der Waals surface area contributed by atoms with E-state index in [2.05, 4.69) is 36.9 Å². The predicted octanol–water partition coefficient (Wildman–Crippen LogP) is 3.23. The Balaban J connectivity index is 2.24. The molecule has 4 nitrogen and oxygen atoms in total. The second-order valence-corrected chi connectivity index (χ2v) is 6.20. The van der Waals surface area contributed by atoms with E-state index in [1.165, 1.54) is 0 Å². The SMILES string of the molecule is Cc1cnc(N(CCC(N)=S)Cc2cccnc2)c(Br)c1. The smallest absolute Gasteiger partial charge is 0.143 e. The number of rotatable bonds is 6. The van der Waals surface area contributed by atoms with Crippen LogP contribution in [0.3, 0.4) is 0 Å². The highest BCUT2D eigenvalue weighted by Crippen LogP contribution is 2.26. The molecular formula is C15H17BrN4S. The van der Waals surface area contributed by atoms with Crippen LogP contribution in [0.4, 0.5) is 5.82 Å². The minimum Gasteiger partial charge on any atom is -0.393 e. The molecule has 0 unspecified atom stereocenters. The summed E-state index contributed by atoms with van der Waals surface area (Å²) in [4.78, 5) is 11.3. The average molecular weight is 365 g/mol. The molecule has 0 bridgehead atoms. The number of thiocarbonyl (C=S) groups is 1. The zero-order valence-electron chi connectivity index (χ0n) is 11.8. The Morgan fingerprint density at radius 1 is 1.43 bits per heavy atom. The van der Waals surface area contributed by atoms with E-state index < -0.39 is 0 Å². The van der Waals surface area contributed by atoms with E-state index in [1.54, 1.807) is 6.20 Å². The Hall–Kier alpha value is -1.53. The van der Waals surface area contributed by atoms with Crippen molar-refractivity contribution in [2.75, 3.05) is 11.4 Å². The molecule has 0 radical (unpaired) electrons. The second kappa shape index (κ2) is 7.47. The average Bonchev–Trinajstić information content (AvgIpc) is 2.45. The van der Waals surface area contributed by atoms with E-state index in [-0.39, 0.29) is 0 Å². The zero-order valence-corrected chi connectivity index (χ0v) is 14.2. The minimum absolute atomic E-state index is 0.509. The molecule has 0 fully saturated rings. The summed E-state index contributed by atoms with van der Waals surface area (Å²) in [6.07, 6.45) is 6.13. The van der Waals surface area contributed by atoms with Gasteiger partial charge >= 0.3 is 0 Å². The van der Waals surface area contributed by atoms with Crippen LogP contribution in [0, 0.1) is 6.92 Å². The number of nitrogens with two attached hydrogens (primary N) is 1. The minimum atomic E-state index is 0.509. The number of aryl methyl sites for hydroxylation is 1. The van der Waals surface area contributed by atoms with Gasteiger partial charge in [0.15, 0.2) is 0 Å². The molecule has 0 aromatic carbocycles. The standard InChI is InChI=1S/C15H17BrN4S/c1-11-7-13(16)15(19-8-11)20(6-4-14(17)21)10-12-3-2-5-18-9-12/h2-3,5,7-9H,4,6,10H2,1H3,(H2,17,21). The van der Waals surface area contributed by atoms with Gasteiger partial charge in [-0.2, -0.15) is 0 Å². The number of hydrogen-bond donors (Lipinski definition) is 1. The fourth-order valence-corrected chi connectivity index (χ4v) is 2.78. The van der Waals surface area contributed by atoms with Crippen molar-refractivity contribution in [2.24, 2.45) is 5.73 Å². The number of nitrogens with zero attached hydrogens (tertiary/aromatic N) is 3.